The molecule has 0 bridgehead atoms. The van der Waals surface area contributed by atoms with Crippen LogP contribution in [0.4, 0.5) is 0 Å². The molecule has 1 amide bonds. The van der Waals surface area contributed by atoms with E-state index in [1.807, 2.05) is 4.90 Å². The standard InChI is InChI=1S/C16H25N3O3/c1-4-12(5-2)15(20)19-10-7-13(8-11-19)22-14-6-9-17-16(18-14)21-3/h6,9,12-13H,4-5,7-8,10-11H2,1-3H3. The summed E-state index contributed by atoms with van der Waals surface area (Å²) in [5.74, 6) is 0.965. The molecule has 6 heteroatoms. The number of likely N-dealkylation sites (tertiary alicyclic amines) is 1. The fourth-order valence-electron chi connectivity index (χ4n) is 2.75. The van der Waals surface area contributed by atoms with Gasteiger partial charge in [-0.1, -0.05) is 13.8 Å². The second kappa shape index (κ2) is 7.96. The highest BCUT2D eigenvalue weighted by atomic mass is 16.5. The van der Waals surface area contributed by atoms with Crippen LogP contribution < -0.4 is 9.47 Å². The summed E-state index contributed by atoms with van der Waals surface area (Å²) in [6, 6.07) is 2.03. The topological polar surface area (TPSA) is 64.6 Å². The largest absolute Gasteiger partial charge is 0.474 e. The number of nitrogens with zero attached hydrogens (tertiary/aromatic N) is 3. The quantitative estimate of drug-likeness (QED) is 0.807. The lowest BCUT2D eigenvalue weighted by Crippen LogP contribution is -2.44. The van der Waals surface area contributed by atoms with E-state index in [-0.39, 0.29) is 17.9 Å². The van der Waals surface area contributed by atoms with Crippen LogP contribution in [0.3, 0.4) is 0 Å². The van der Waals surface area contributed by atoms with Crippen molar-refractivity contribution in [2.45, 2.75) is 45.6 Å². The van der Waals surface area contributed by atoms with Crippen molar-refractivity contribution >= 4 is 5.91 Å². The lowest BCUT2D eigenvalue weighted by Gasteiger charge is -2.33. The molecule has 1 saturated heterocycles. The van der Waals surface area contributed by atoms with E-state index in [4.69, 9.17) is 9.47 Å². The van der Waals surface area contributed by atoms with Gasteiger partial charge in [0.25, 0.3) is 0 Å². The highest BCUT2D eigenvalue weighted by molar-refractivity contribution is 5.78. The highest BCUT2D eigenvalue weighted by Gasteiger charge is 2.27. The van der Waals surface area contributed by atoms with Crippen LogP contribution in [0, 0.1) is 5.92 Å². The van der Waals surface area contributed by atoms with E-state index >= 15 is 0 Å². The Kier molecular flexibility index (Phi) is 5.98. The molecule has 2 rings (SSSR count). The van der Waals surface area contributed by atoms with Gasteiger partial charge in [0.05, 0.1) is 7.11 Å². The summed E-state index contributed by atoms with van der Waals surface area (Å²) < 4.78 is 10.9. The Morgan fingerprint density at radius 1 is 1.36 bits per heavy atom. The molecule has 0 aromatic carbocycles. The lowest BCUT2D eigenvalue weighted by molar-refractivity contribution is -0.137. The number of hydrogen-bond acceptors (Lipinski definition) is 5. The molecule has 1 aromatic rings. The number of hydrogen-bond donors (Lipinski definition) is 0. The van der Waals surface area contributed by atoms with Crippen molar-refractivity contribution < 1.29 is 14.3 Å². The molecule has 1 aliphatic rings. The average Bonchev–Trinajstić information content (AvgIpc) is 2.56. The van der Waals surface area contributed by atoms with Gasteiger partial charge in [0.2, 0.25) is 11.8 Å². The van der Waals surface area contributed by atoms with Gasteiger partial charge in [-0.25, -0.2) is 4.98 Å². The summed E-state index contributed by atoms with van der Waals surface area (Å²) in [4.78, 5) is 22.4. The number of amides is 1. The normalized spacial score (nSPS) is 15.9. The molecular formula is C16H25N3O3. The maximum absolute atomic E-state index is 12.4. The van der Waals surface area contributed by atoms with Gasteiger partial charge in [0.1, 0.15) is 6.10 Å². The predicted molar refractivity (Wildman–Crippen MR) is 82.9 cm³/mol. The third kappa shape index (κ3) is 4.08. The summed E-state index contributed by atoms with van der Waals surface area (Å²) in [5.41, 5.74) is 0. The molecule has 0 unspecified atom stereocenters. The summed E-state index contributed by atoms with van der Waals surface area (Å²) in [6.07, 6.45) is 5.19. The summed E-state index contributed by atoms with van der Waals surface area (Å²) in [5, 5.41) is 0. The zero-order chi connectivity index (χ0) is 15.9. The van der Waals surface area contributed by atoms with Crippen molar-refractivity contribution in [2.75, 3.05) is 20.2 Å². The average molecular weight is 307 g/mol. The van der Waals surface area contributed by atoms with Gasteiger partial charge in [0.15, 0.2) is 0 Å². The van der Waals surface area contributed by atoms with Crippen molar-refractivity contribution in [3.63, 3.8) is 0 Å². The first-order valence-electron chi connectivity index (χ1n) is 8.00. The van der Waals surface area contributed by atoms with Crippen LogP contribution in [-0.4, -0.2) is 47.1 Å². The molecule has 0 aliphatic carbocycles. The third-order valence-corrected chi connectivity index (χ3v) is 4.17. The fraction of sp³-hybridized carbons (Fsp3) is 0.688. The maximum atomic E-state index is 12.4. The number of piperidine rings is 1. The van der Waals surface area contributed by atoms with Gasteiger partial charge in [-0.05, 0) is 12.8 Å². The Labute approximate surface area is 131 Å². The molecule has 0 N–H and O–H groups in total. The maximum Gasteiger partial charge on any atom is 0.319 e. The number of rotatable bonds is 6. The van der Waals surface area contributed by atoms with Crippen LogP contribution in [0.25, 0.3) is 0 Å². The van der Waals surface area contributed by atoms with Crippen molar-refractivity contribution in [3.05, 3.63) is 12.3 Å². The van der Waals surface area contributed by atoms with Crippen LogP contribution in [0.15, 0.2) is 12.3 Å². The number of carbonyl (C=O) groups is 1. The van der Waals surface area contributed by atoms with Crippen molar-refractivity contribution in [1.29, 1.82) is 0 Å². The molecular weight excluding hydrogens is 282 g/mol. The van der Waals surface area contributed by atoms with Crippen LogP contribution in [0.2, 0.25) is 0 Å². The number of aromatic nitrogens is 2. The number of carbonyl (C=O) groups excluding carboxylic acids is 1. The van der Waals surface area contributed by atoms with Crippen LogP contribution in [0.5, 0.6) is 11.9 Å². The Hall–Kier alpha value is -1.85. The second-order valence-corrected chi connectivity index (χ2v) is 5.54. The Morgan fingerprint density at radius 3 is 2.64 bits per heavy atom. The fourth-order valence-corrected chi connectivity index (χ4v) is 2.75. The molecule has 122 valence electrons. The number of methoxy groups -OCH3 is 1. The first-order valence-corrected chi connectivity index (χ1v) is 8.00. The predicted octanol–water partition coefficient (Wildman–Crippen LogP) is 2.29. The smallest absolute Gasteiger partial charge is 0.319 e. The van der Waals surface area contributed by atoms with Gasteiger partial charge in [-0.15, -0.1) is 0 Å². The van der Waals surface area contributed by atoms with Crippen molar-refractivity contribution in [3.8, 4) is 11.9 Å². The highest BCUT2D eigenvalue weighted by Crippen LogP contribution is 2.21. The van der Waals surface area contributed by atoms with Gasteiger partial charge >= 0.3 is 6.01 Å². The van der Waals surface area contributed by atoms with E-state index < -0.39 is 0 Å². The molecule has 1 aliphatic heterocycles. The molecule has 22 heavy (non-hydrogen) atoms. The molecule has 6 nitrogen and oxygen atoms in total. The molecule has 2 heterocycles. The third-order valence-electron chi connectivity index (χ3n) is 4.17. The molecule has 0 saturated carbocycles. The van der Waals surface area contributed by atoms with Crippen LogP contribution in [-0.2, 0) is 4.79 Å². The minimum absolute atomic E-state index is 0.0883. The van der Waals surface area contributed by atoms with Crippen LogP contribution >= 0.6 is 0 Å². The number of ether oxygens (including phenoxy) is 2. The summed E-state index contributed by atoms with van der Waals surface area (Å²) in [7, 11) is 1.53. The second-order valence-electron chi connectivity index (χ2n) is 5.54. The zero-order valence-corrected chi connectivity index (χ0v) is 13.6. The molecule has 1 aromatic heterocycles. The van der Waals surface area contributed by atoms with Crippen molar-refractivity contribution in [1.82, 2.24) is 14.9 Å². The zero-order valence-electron chi connectivity index (χ0n) is 13.6. The minimum atomic E-state index is 0.0883. The summed E-state index contributed by atoms with van der Waals surface area (Å²) in [6.45, 7) is 5.65. The lowest BCUT2D eigenvalue weighted by atomic mass is 9.99. The molecule has 0 radical (unpaired) electrons. The van der Waals surface area contributed by atoms with E-state index in [1.165, 1.54) is 7.11 Å². The monoisotopic (exact) mass is 307 g/mol. The van der Waals surface area contributed by atoms with Crippen molar-refractivity contribution in [2.24, 2.45) is 5.92 Å². The minimum Gasteiger partial charge on any atom is -0.474 e. The van der Waals surface area contributed by atoms with Gasteiger partial charge in [0, 0.05) is 44.1 Å². The van der Waals surface area contributed by atoms with Crippen LogP contribution in [0.1, 0.15) is 39.5 Å². The van der Waals surface area contributed by atoms with E-state index in [9.17, 15) is 4.79 Å². The van der Waals surface area contributed by atoms with E-state index in [0.717, 1.165) is 38.8 Å². The Bertz CT molecular complexity index is 483. The van der Waals surface area contributed by atoms with Gasteiger partial charge < -0.3 is 14.4 Å². The van der Waals surface area contributed by atoms with E-state index in [1.54, 1.807) is 12.3 Å². The first kappa shape index (κ1) is 16.5. The molecule has 0 atom stereocenters. The van der Waals surface area contributed by atoms with Gasteiger partial charge in [-0.3, -0.25) is 4.79 Å². The SMILES string of the molecule is CCC(CC)C(=O)N1CCC(Oc2ccnc(OC)n2)CC1. The molecule has 0 spiro atoms. The summed E-state index contributed by atoms with van der Waals surface area (Å²) >= 11 is 0. The Morgan fingerprint density at radius 2 is 2.05 bits per heavy atom. The molecule has 1 fully saturated rings. The Balaban J connectivity index is 1.85. The first-order chi connectivity index (χ1) is 10.7. The van der Waals surface area contributed by atoms with E-state index in [2.05, 4.69) is 23.8 Å². The van der Waals surface area contributed by atoms with E-state index in [0.29, 0.717) is 11.9 Å². The van der Waals surface area contributed by atoms with Gasteiger partial charge in [-0.2, -0.15) is 4.98 Å².